The molecule has 0 spiro atoms. The van der Waals surface area contributed by atoms with Gasteiger partial charge in [0.15, 0.2) is 0 Å². The van der Waals surface area contributed by atoms with Gasteiger partial charge in [0.1, 0.15) is 29.5 Å². The SMILES string of the molecule is C=CC(O)(Cc1ccc(C)cc1C)[C@@H](O)[C@@](O)(Cc1ccc(C)cc1C)[C@H](O)[C@@H](O)CO. The zero-order chi connectivity index (χ0) is 24.3. The van der Waals surface area contributed by atoms with Gasteiger partial charge in [0, 0.05) is 12.8 Å². The van der Waals surface area contributed by atoms with Gasteiger partial charge < -0.3 is 30.6 Å². The molecule has 0 aliphatic heterocycles. The molecular formula is C26H36O6. The van der Waals surface area contributed by atoms with Crippen molar-refractivity contribution in [3.05, 3.63) is 82.4 Å². The quantitative estimate of drug-likeness (QED) is 0.308. The molecule has 0 heterocycles. The Morgan fingerprint density at radius 1 is 0.844 bits per heavy atom. The van der Waals surface area contributed by atoms with Crippen molar-refractivity contribution in [1.29, 1.82) is 0 Å². The fraction of sp³-hybridized carbons (Fsp3) is 0.462. The molecule has 0 aliphatic rings. The molecule has 6 heteroatoms. The minimum absolute atomic E-state index is 0.0685. The van der Waals surface area contributed by atoms with Gasteiger partial charge >= 0.3 is 0 Å². The van der Waals surface area contributed by atoms with Crippen molar-refractivity contribution in [3.8, 4) is 0 Å². The Kier molecular flexibility index (Phi) is 8.39. The van der Waals surface area contributed by atoms with E-state index in [4.69, 9.17) is 0 Å². The zero-order valence-electron chi connectivity index (χ0n) is 19.3. The van der Waals surface area contributed by atoms with Gasteiger partial charge in [-0.2, -0.15) is 0 Å². The first-order valence-corrected chi connectivity index (χ1v) is 10.7. The van der Waals surface area contributed by atoms with E-state index in [9.17, 15) is 30.6 Å². The van der Waals surface area contributed by atoms with Gasteiger partial charge in [0.2, 0.25) is 0 Å². The summed E-state index contributed by atoms with van der Waals surface area (Å²) in [6, 6.07) is 11.1. The average Bonchev–Trinajstić information content (AvgIpc) is 2.75. The van der Waals surface area contributed by atoms with Gasteiger partial charge in [0.05, 0.1) is 6.61 Å². The van der Waals surface area contributed by atoms with E-state index in [0.29, 0.717) is 5.56 Å². The summed E-state index contributed by atoms with van der Waals surface area (Å²) in [7, 11) is 0. The molecule has 0 radical (unpaired) electrons. The molecule has 0 amide bonds. The number of hydrogen-bond donors (Lipinski definition) is 6. The molecule has 2 aromatic carbocycles. The second kappa shape index (κ2) is 10.3. The smallest absolute Gasteiger partial charge is 0.126 e. The lowest BCUT2D eigenvalue weighted by Gasteiger charge is -2.45. The summed E-state index contributed by atoms with van der Waals surface area (Å²) >= 11 is 0. The molecule has 176 valence electrons. The predicted molar refractivity (Wildman–Crippen MR) is 124 cm³/mol. The van der Waals surface area contributed by atoms with Crippen LogP contribution in [0.5, 0.6) is 0 Å². The first-order chi connectivity index (χ1) is 14.9. The highest BCUT2D eigenvalue weighted by molar-refractivity contribution is 5.35. The van der Waals surface area contributed by atoms with Crippen molar-refractivity contribution in [3.63, 3.8) is 0 Å². The van der Waals surface area contributed by atoms with Crippen molar-refractivity contribution in [2.45, 2.75) is 70.1 Å². The second-order valence-corrected chi connectivity index (χ2v) is 9.00. The predicted octanol–water partition coefficient (Wildman–Crippen LogP) is 1.43. The number of rotatable bonds is 10. The van der Waals surface area contributed by atoms with Crippen LogP contribution >= 0.6 is 0 Å². The summed E-state index contributed by atoms with van der Waals surface area (Å²) in [6.07, 6.45) is -4.78. The minimum Gasteiger partial charge on any atom is -0.394 e. The Morgan fingerprint density at radius 2 is 1.31 bits per heavy atom. The fourth-order valence-electron chi connectivity index (χ4n) is 4.21. The first-order valence-electron chi connectivity index (χ1n) is 10.7. The largest absolute Gasteiger partial charge is 0.394 e. The molecule has 32 heavy (non-hydrogen) atoms. The Morgan fingerprint density at radius 3 is 1.72 bits per heavy atom. The third kappa shape index (κ3) is 5.46. The lowest BCUT2D eigenvalue weighted by molar-refractivity contribution is -0.218. The molecule has 0 saturated heterocycles. The highest BCUT2D eigenvalue weighted by atomic mass is 16.4. The molecule has 0 aliphatic carbocycles. The Hall–Kier alpha value is -2.06. The topological polar surface area (TPSA) is 121 Å². The summed E-state index contributed by atoms with van der Waals surface area (Å²) < 4.78 is 0. The van der Waals surface area contributed by atoms with E-state index in [1.165, 1.54) is 0 Å². The fourth-order valence-corrected chi connectivity index (χ4v) is 4.21. The van der Waals surface area contributed by atoms with Crippen LogP contribution in [0.3, 0.4) is 0 Å². The van der Waals surface area contributed by atoms with Gasteiger partial charge in [-0.1, -0.05) is 53.6 Å². The Bertz CT molecular complexity index is 942. The van der Waals surface area contributed by atoms with Crippen molar-refractivity contribution in [2.24, 2.45) is 0 Å². The highest BCUT2D eigenvalue weighted by Crippen LogP contribution is 2.34. The van der Waals surface area contributed by atoms with E-state index >= 15 is 0 Å². The van der Waals surface area contributed by atoms with E-state index < -0.39 is 36.1 Å². The molecule has 5 atom stereocenters. The molecular weight excluding hydrogens is 408 g/mol. The van der Waals surface area contributed by atoms with Crippen molar-refractivity contribution in [1.82, 2.24) is 0 Å². The number of aryl methyl sites for hydroxylation is 4. The van der Waals surface area contributed by atoms with Crippen molar-refractivity contribution < 1.29 is 30.6 Å². The van der Waals surface area contributed by atoms with Crippen LogP contribution in [0.4, 0.5) is 0 Å². The van der Waals surface area contributed by atoms with Gasteiger partial charge in [-0.15, -0.1) is 6.58 Å². The average molecular weight is 445 g/mol. The third-order valence-corrected chi connectivity index (χ3v) is 6.31. The molecule has 2 aromatic rings. The monoisotopic (exact) mass is 444 g/mol. The van der Waals surface area contributed by atoms with Crippen molar-refractivity contribution >= 4 is 0 Å². The molecule has 0 saturated carbocycles. The summed E-state index contributed by atoms with van der Waals surface area (Å²) in [6.45, 7) is 10.4. The molecule has 6 nitrogen and oxygen atoms in total. The molecule has 0 bridgehead atoms. The third-order valence-electron chi connectivity index (χ3n) is 6.31. The molecule has 0 fully saturated rings. The summed E-state index contributed by atoms with van der Waals surface area (Å²) in [5.74, 6) is 0. The standard InChI is InChI=1S/C26H36O6/c1-6-25(31,13-20-9-7-16(2)11-18(20)4)24(30)26(32,23(29)22(28)15-27)14-21-10-8-17(3)12-19(21)5/h6-12,22-24,27-32H,1,13-15H2,2-5H3/t22-,23+,24+,25?,26+/m0/s1. The van der Waals surface area contributed by atoms with E-state index in [2.05, 4.69) is 6.58 Å². The second-order valence-electron chi connectivity index (χ2n) is 9.00. The molecule has 2 rings (SSSR count). The van der Waals surface area contributed by atoms with Crippen molar-refractivity contribution in [2.75, 3.05) is 6.61 Å². The van der Waals surface area contributed by atoms with Crippen LogP contribution in [0, 0.1) is 27.7 Å². The lowest BCUT2D eigenvalue weighted by Crippen LogP contribution is -2.66. The van der Waals surface area contributed by atoms with E-state index in [-0.39, 0.29) is 12.8 Å². The van der Waals surface area contributed by atoms with Gasteiger partial charge in [-0.05, 0) is 49.9 Å². The molecule has 0 aromatic heterocycles. The van der Waals surface area contributed by atoms with Crippen LogP contribution in [-0.4, -0.2) is 66.8 Å². The van der Waals surface area contributed by atoms with Crippen LogP contribution in [0.15, 0.2) is 49.1 Å². The Labute approximate surface area is 190 Å². The highest BCUT2D eigenvalue weighted by Gasteiger charge is 2.53. The van der Waals surface area contributed by atoms with Gasteiger partial charge in [0.25, 0.3) is 0 Å². The number of aliphatic hydroxyl groups is 6. The Balaban J connectivity index is 2.52. The number of benzene rings is 2. The minimum atomic E-state index is -2.39. The molecule has 1 unspecified atom stereocenters. The van der Waals surface area contributed by atoms with Crippen LogP contribution in [-0.2, 0) is 12.8 Å². The van der Waals surface area contributed by atoms with Gasteiger partial charge in [-0.3, -0.25) is 0 Å². The van der Waals surface area contributed by atoms with Crippen LogP contribution < -0.4 is 0 Å². The van der Waals surface area contributed by atoms with Crippen LogP contribution in [0.1, 0.15) is 33.4 Å². The maximum Gasteiger partial charge on any atom is 0.126 e. The first kappa shape index (κ1) is 26.2. The van der Waals surface area contributed by atoms with Crippen LogP contribution in [0.2, 0.25) is 0 Å². The summed E-state index contributed by atoms with van der Waals surface area (Å²) in [5, 5.41) is 64.5. The van der Waals surface area contributed by atoms with E-state index in [1.54, 1.807) is 6.07 Å². The zero-order valence-corrected chi connectivity index (χ0v) is 19.3. The maximum absolute atomic E-state index is 11.6. The lowest BCUT2D eigenvalue weighted by atomic mass is 9.72. The summed E-state index contributed by atoms with van der Waals surface area (Å²) in [5.41, 5.74) is 0.713. The maximum atomic E-state index is 11.6. The number of aliphatic hydroxyl groups excluding tert-OH is 4. The summed E-state index contributed by atoms with van der Waals surface area (Å²) in [4.78, 5) is 0. The van der Waals surface area contributed by atoms with Gasteiger partial charge in [-0.25, -0.2) is 0 Å². The molecule has 6 N–H and O–H groups in total. The van der Waals surface area contributed by atoms with E-state index in [1.807, 2.05) is 58.0 Å². The van der Waals surface area contributed by atoms with E-state index in [0.717, 1.165) is 33.9 Å². The normalized spacial score (nSPS) is 18.3. The van der Waals surface area contributed by atoms with Crippen LogP contribution in [0.25, 0.3) is 0 Å². The number of hydrogen-bond acceptors (Lipinski definition) is 6.